The Labute approximate surface area is 173 Å². The molecule has 0 spiro atoms. The second-order valence-electron chi connectivity index (χ2n) is 7.04. The number of benzene rings is 1. The van der Waals surface area contributed by atoms with Gasteiger partial charge in [0.05, 0.1) is 12.3 Å². The molecule has 2 aromatic heterocycles. The van der Waals surface area contributed by atoms with Crippen molar-refractivity contribution in [1.29, 1.82) is 0 Å². The lowest BCUT2D eigenvalue weighted by Crippen LogP contribution is -2.45. The Morgan fingerprint density at radius 2 is 2.14 bits per heavy atom. The summed E-state index contributed by atoms with van der Waals surface area (Å²) in [7, 11) is 3.80. The van der Waals surface area contributed by atoms with Gasteiger partial charge in [0, 0.05) is 33.0 Å². The van der Waals surface area contributed by atoms with Crippen LogP contribution in [0.15, 0.2) is 46.3 Å². The van der Waals surface area contributed by atoms with Gasteiger partial charge in [0.2, 0.25) is 5.91 Å². The highest BCUT2D eigenvalue weighted by atomic mass is 32.2. The molecule has 152 valence electrons. The third kappa shape index (κ3) is 4.61. The zero-order chi connectivity index (χ0) is 20.2. The number of fused-ring (bicyclic) bond motifs is 1. The maximum atomic E-state index is 12.7. The van der Waals surface area contributed by atoms with Crippen LogP contribution in [0, 0.1) is 0 Å². The minimum atomic E-state index is -0.0996. The highest BCUT2D eigenvalue weighted by Crippen LogP contribution is 2.26. The van der Waals surface area contributed by atoms with E-state index in [1.54, 1.807) is 12.4 Å². The number of rotatable bonds is 6. The first-order chi connectivity index (χ1) is 14.1. The Kier molecular flexibility index (Phi) is 5.84. The first-order valence-electron chi connectivity index (χ1n) is 9.51. The van der Waals surface area contributed by atoms with E-state index in [4.69, 9.17) is 9.15 Å². The van der Waals surface area contributed by atoms with Crippen LogP contribution in [0.4, 0.5) is 5.82 Å². The number of oxazole rings is 1. The van der Waals surface area contributed by atoms with Gasteiger partial charge in [-0.25, -0.2) is 15.0 Å². The second kappa shape index (κ2) is 8.69. The molecule has 4 rings (SSSR count). The van der Waals surface area contributed by atoms with Gasteiger partial charge in [-0.05, 0) is 25.0 Å². The Balaban J connectivity index is 1.35. The van der Waals surface area contributed by atoms with E-state index in [0.717, 1.165) is 30.5 Å². The summed E-state index contributed by atoms with van der Waals surface area (Å²) >= 11 is 1.32. The fraction of sp³-hybridized carbons (Fsp3) is 0.400. The predicted molar refractivity (Wildman–Crippen MR) is 111 cm³/mol. The highest BCUT2D eigenvalue weighted by molar-refractivity contribution is 7.99. The van der Waals surface area contributed by atoms with Crippen molar-refractivity contribution in [2.24, 2.45) is 0 Å². The van der Waals surface area contributed by atoms with E-state index in [1.165, 1.54) is 11.8 Å². The molecule has 1 aromatic carbocycles. The minimum absolute atomic E-state index is 0.0533. The Morgan fingerprint density at radius 3 is 2.97 bits per heavy atom. The minimum Gasteiger partial charge on any atom is -0.470 e. The smallest absolute Gasteiger partial charge is 0.257 e. The van der Waals surface area contributed by atoms with Gasteiger partial charge in [-0.15, -0.1) is 0 Å². The number of piperidine rings is 1. The molecule has 0 radical (unpaired) electrons. The molecule has 3 aromatic rings. The lowest BCUT2D eigenvalue weighted by atomic mass is 10.1. The molecule has 1 amide bonds. The van der Waals surface area contributed by atoms with Crippen molar-refractivity contribution in [3.8, 4) is 5.88 Å². The number of likely N-dealkylation sites (tertiary alicyclic amines) is 1. The number of amides is 1. The number of hydrogen-bond acceptors (Lipinski definition) is 8. The fourth-order valence-electron chi connectivity index (χ4n) is 3.25. The molecular weight excluding hydrogens is 390 g/mol. The summed E-state index contributed by atoms with van der Waals surface area (Å²) in [5.41, 5.74) is 1.53. The molecular formula is C20H23N5O3S. The van der Waals surface area contributed by atoms with Gasteiger partial charge < -0.3 is 19.0 Å². The quantitative estimate of drug-likeness (QED) is 0.571. The molecule has 1 unspecified atom stereocenters. The molecule has 3 heterocycles. The van der Waals surface area contributed by atoms with Crippen LogP contribution >= 0.6 is 11.8 Å². The molecule has 8 nitrogen and oxygen atoms in total. The molecule has 1 atom stereocenters. The molecule has 0 saturated carbocycles. The van der Waals surface area contributed by atoms with Crippen molar-refractivity contribution in [3.63, 3.8) is 0 Å². The van der Waals surface area contributed by atoms with Crippen molar-refractivity contribution in [3.05, 3.63) is 36.7 Å². The van der Waals surface area contributed by atoms with Crippen molar-refractivity contribution < 1.29 is 13.9 Å². The van der Waals surface area contributed by atoms with Crippen molar-refractivity contribution >= 4 is 34.6 Å². The van der Waals surface area contributed by atoms with Gasteiger partial charge in [-0.3, -0.25) is 4.79 Å². The Morgan fingerprint density at radius 1 is 1.31 bits per heavy atom. The van der Waals surface area contributed by atoms with E-state index in [2.05, 4.69) is 15.0 Å². The van der Waals surface area contributed by atoms with E-state index >= 15 is 0 Å². The first-order valence-corrected chi connectivity index (χ1v) is 10.5. The maximum Gasteiger partial charge on any atom is 0.257 e. The molecule has 1 saturated heterocycles. The highest BCUT2D eigenvalue weighted by Gasteiger charge is 2.26. The van der Waals surface area contributed by atoms with Gasteiger partial charge in [-0.2, -0.15) is 0 Å². The number of ether oxygens (including phenoxy) is 1. The van der Waals surface area contributed by atoms with Crippen LogP contribution < -0.4 is 9.64 Å². The van der Waals surface area contributed by atoms with Crippen LogP contribution in [0.25, 0.3) is 11.1 Å². The van der Waals surface area contributed by atoms with Gasteiger partial charge in [0.25, 0.3) is 11.1 Å². The van der Waals surface area contributed by atoms with Gasteiger partial charge >= 0.3 is 0 Å². The Hall–Kier alpha value is -2.81. The number of para-hydroxylation sites is 2. The largest absolute Gasteiger partial charge is 0.470 e. The van der Waals surface area contributed by atoms with Crippen molar-refractivity contribution in [2.75, 3.05) is 37.8 Å². The summed E-state index contributed by atoms with van der Waals surface area (Å²) in [5.74, 6) is 1.52. The van der Waals surface area contributed by atoms with E-state index in [1.807, 2.05) is 48.2 Å². The number of nitrogens with zero attached hydrogens (tertiary/aromatic N) is 5. The molecule has 0 N–H and O–H groups in total. The number of carbonyl (C=O) groups is 1. The van der Waals surface area contributed by atoms with Gasteiger partial charge in [0.15, 0.2) is 11.4 Å². The van der Waals surface area contributed by atoms with Crippen molar-refractivity contribution in [2.45, 2.75) is 24.2 Å². The third-order valence-electron chi connectivity index (χ3n) is 4.67. The molecule has 1 fully saturated rings. The molecule has 1 aliphatic heterocycles. The molecule has 9 heteroatoms. The van der Waals surface area contributed by atoms with Crippen LogP contribution in [0.5, 0.6) is 5.88 Å². The van der Waals surface area contributed by atoms with Crippen LogP contribution in [0.2, 0.25) is 0 Å². The van der Waals surface area contributed by atoms with Crippen LogP contribution in [-0.4, -0.2) is 64.8 Å². The lowest BCUT2D eigenvalue weighted by molar-refractivity contribution is -0.130. The summed E-state index contributed by atoms with van der Waals surface area (Å²) < 4.78 is 11.8. The standard InChI is InChI=1S/C20H23N5O3S/c1-24(2)18-19(22-10-9-21-18)27-14-6-5-11-25(12-14)17(26)13-29-20-23-15-7-3-4-8-16(15)28-20/h3-4,7-10,14H,5-6,11-13H2,1-2H3. The molecule has 29 heavy (non-hydrogen) atoms. The summed E-state index contributed by atoms with van der Waals surface area (Å²) in [4.78, 5) is 29.4. The zero-order valence-corrected chi connectivity index (χ0v) is 17.3. The monoisotopic (exact) mass is 413 g/mol. The van der Waals surface area contributed by atoms with E-state index < -0.39 is 0 Å². The lowest BCUT2D eigenvalue weighted by Gasteiger charge is -2.33. The fourth-order valence-corrected chi connectivity index (χ4v) is 4.00. The van der Waals surface area contributed by atoms with Crippen LogP contribution in [-0.2, 0) is 4.79 Å². The van der Waals surface area contributed by atoms with E-state index in [9.17, 15) is 4.79 Å². The number of hydrogen-bond donors (Lipinski definition) is 0. The average molecular weight is 414 g/mol. The van der Waals surface area contributed by atoms with Gasteiger partial charge in [0.1, 0.15) is 11.6 Å². The van der Waals surface area contributed by atoms with Gasteiger partial charge in [-0.1, -0.05) is 23.9 Å². The first kappa shape index (κ1) is 19.5. The zero-order valence-electron chi connectivity index (χ0n) is 16.4. The number of thioether (sulfide) groups is 1. The number of anilines is 1. The predicted octanol–water partition coefficient (Wildman–Crippen LogP) is 2.85. The van der Waals surface area contributed by atoms with E-state index in [-0.39, 0.29) is 17.8 Å². The van der Waals surface area contributed by atoms with Crippen LogP contribution in [0.3, 0.4) is 0 Å². The van der Waals surface area contributed by atoms with E-state index in [0.29, 0.717) is 23.5 Å². The number of aromatic nitrogens is 3. The molecule has 0 aliphatic carbocycles. The topological polar surface area (TPSA) is 84.6 Å². The Bertz CT molecular complexity index is 960. The molecule has 1 aliphatic rings. The summed E-state index contributed by atoms with van der Waals surface area (Å²) in [5, 5.41) is 0.513. The molecule has 0 bridgehead atoms. The van der Waals surface area contributed by atoms with Crippen LogP contribution in [0.1, 0.15) is 12.8 Å². The maximum absolute atomic E-state index is 12.7. The summed E-state index contributed by atoms with van der Waals surface area (Å²) in [6.07, 6.45) is 4.93. The third-order valence-corrected chi connectivity index (χ3v) is 5.49. The summed E-state index contributed by atoms with van der Waals surface area (Å²) in [6.45, 7) is 1.27. The second-order valence-corrected chi connectivity index (χ2v) is 7.96. The SMILES string of the molecule is CN(C)c1nccnc1OC1CCCN(C(=O)CSc2nc3ccccc3o2)C1. The normalized spacial score (nSPS) is 16.8. The average Bonchev–Trinajstić information content (AvgIpc) is 3.15. The summed E-state index contributed by atoms with van der Waals surface area (Å²) in [6, 6.07) is 7.58. The number of carbonyl (C=O) groups excluding carboxylic acids is 1. The van der Waals surface area contributed by atoms with Crippen molar-refractivity contribution in [1.82, 2.24) is 19.9 Å².